The van der Waals surface area contributed by atoms with Gasteiger partial charge >= 0.3 is 11.8 Å². The Morgan fingerprint density at radius 1 is 1.14 bits per heavy atom. The normalized spacial score (nSPS) is 35.4. The van der Waals surface area contributed by atoms with Crippen LogP contribution in [-0.4, -0.2) is 22.5 Å². The maximum absolute atomic E-state index is 12.3. The molecule has 2 amide bonds. The average Bonchev–Trinajstić information content (AvgIpc) is 2.81. The summed E-state index contributed by atoms with van der Waals surface area (Å²) in [6.45, 7) is 1.73. The van der Waals surface area contributed by atoms with E-state index in [0.717, 1.165) is 37.0 Å². The standard InChI is InChI=1S/C16H21N3O3/c1-9-2-13(19-22-9)17-14(20)15(21)18-16-6-10-3-11(7-16)5-12(4-10)8-16/h2,10-12H,3-8H2,1H3,(H,18,21)(H,17,19,20). The molecule has 6 nitrogen and oxygen atoms in total. The van der Waals surface area contributed by atoms with E-state index in [0.29, 0.717) is 5.76 Å². The van der Waals surface area contributed by atoms with Crippen LogP contribution in [0.4, 0.5) is 5.82 Å². The summed E-state index contributed by atoms with van der Waals surface area (Å²) in [5.41, 5.74) is -0.150. The van der Waals surface area contributed by atoms with Gasteiger partial charge in [-0.3, -0.25) is 14.9 Å². The Bertz CT molecular complexity index is 587. The molecule has 0 radical (unpaired) electrons. The molecule has 118 valence electrons. The summed E-state index contributed by atoms with van der Waals surface area (Å²) in [4.78, 5) is 24.3. The minimum atomic E-state index is -0.663. The summed E-state index contributed by atoms with van der Waals surface area (Å²) >= 11 is 0. The van der Waals surface area contributed by atoms with Crippen molar-refractivity contribution >= 4 is 17.6 Å². The Balaban J connectivity index is 1.42. The van der Waals surface area contributed by atoms with Crippen molar-refractivity contribution in [2.75, 3.05) is 5.32 Å². The van der Waals surface area contributed by atoms with Gasteiger partial charge in [-0.05, 0) is 63.2 Å². The number of amides is 2. The van der Waals surface area contributed by atoms with Crippen LogP contribution < -0.4 is 10.6 Å². The molecule has 4 aliphatic rings. The predicted molar refractivity (Wildman–Crippen MR) is 78.9 cm³/mol. The van der Waals surface area contributed by atoms with E-state index < -0.39 is 11.8 Å². The molecule has 4 fully saturated rings. The molecule has 4 saturated carbocycles. The number of anilines is 1. The van der Waals surface area contributed by atoms with Crippen molar-refractivity contribution in [2.24, 2.45) is 17.8 Å². The Hall–Kier alpha value is -1.85. The highest BCUT2D eigenvalue weighted by Crippen LogP contribution is 2.55. The van der Waals surface area contributed by atoms with Gasteiger partial charge in [0.25, 0.3) is 0 Å². The second-order valence-electron chi connectivity index (χ2n) is 7.43. The Morgan fingerprint density at radius 3 is 2.23 bits per heavy atom. The third kappa shape index (κ3) is 2.40. The van der Waals surface area contributed by atoms with Crippen molar-refractivity contribution in [3.63, 3.8) is 0 Å². The molecule has 4 aliphatic carbocycles. The summed E-state index contributed by atoms with van der Waals surface area (Å²) in [6.07, 6.45) is 7.00. The number of carbonyl (C=O) groups excluding carboxylic acids is 2. The smallest absolute Gasteiger partial charge is 0.314 e. The zero-order valence-electron chi connectivity index (χ0n) is 12.7. The van der Waals surface area contributed by atoms with E-state index in [1.807, 2.05) is 0 Å². The van der Waals surface area contributed by atoms with E-state index in [1.165, 1.54) is 19.3 Å². The van der Waals surface area contributed by atoms with Crippen LogP contribution in [0.25, 0.3) is 0 Å². The fraction of sp³-hybridized carbons (Fsp3) is 0.688. The summed E-state index contributed by atoms with van der Waals surface area (Å²) in [7, 11) is 0. The zero-order chi connectivity index (χ0) is 15.3. The van der Waals surface area contributed by atoms with Crippen LogP contribution in [0.1, 0.15) is 44.3 Å². The molecule has 22 heavy (non-hydrogen) atoms. The van der Waals surface area contributed by atoms with Crippen LogP contribution >= 0.6 is 0 Å². The molecule has 0 unspecified atom stereocenters. The van der Waals surface area contributed by atoms with Crippen LogP contribution in [0.3, 0.4) is 0 Å². The Labute approximate surface area is 129 Å². The largest absolute Gasteiger partial charge is 0.360 e. The lowest BCUT2D eigenvalue weighted by Crippen LogP contribution is -2.61. The van der Waals surface area contributed by atoms with Crippen molar-refractivity contribution in [1.82, 2.24) is 10.5 Å². The van der Waals surface area contributed by atoms with E-state index in [2.05, 4.69) is 15.8 Å². The van der Waals surface area contributed by atoms with Crippen LogP contribution in [0, 0.1) is 24.7 Å². The first-order valence-electron chi connectivity index (χ1n) is 8.08. The van der Waals surface area contributed by atoms with Gasteiger partial charge in [0.1, 0.15) is 5.76 Å². The summed E-state index contributed by atoms with van der Waals surface area (Å²) < 4.78 is 4.88. The zero-order valence-corrected chi connectivity index (χ0v) is 12.7. The van der Waals surface area contributed by atoms with E-state index in [-0.39, 0.29) is 11.4 Å². The summed E-state index contributed by atoms with van der Waals surface area (Å²) in [5, 5.41) is 9.21. The van der Waals surface area contributed by atoms with Gasteiger partial charge < -0.3 is 9.84 Å². The first kappa shape index (κ1) is 13.8. The van der Waals surface area contributed by atoms with E-state index in [9.17, 15) is 9.59 Å². The quantitative estimate of drug-likeness (QED) is 0.819. The van der Waals surface area contributed by atoms with Gasteiger partial charge in [0, 0.05) is 11.6 Å². The lowest BCUT2D eigenvalue weighted by molar-refractivity contribution is -0.139. The molecular weight excluding hydrogens is 282 g/mol. The lowest BCUT2D eigenvalue weighted by atomic mass is 9.53. The highest BCUT2D eigenvalue weighted by molar-refractivity contribution is 6.39. The Morgan fingerprint density at radius 2 is 1.73 bits per heavy atom. The molecule has 6 heteroatoms. The number of rotatable bonds is 2. The fourth-order valence-electron chi connectivity index (χ4n) is 5.16. The highest BCUT2D eigenvalue weighted by atomic mass is 16.5. The molecule has 0 aromatic carbocycles. The number of nitrogens with one attached hydrogen (secondary N) is 2. The predicted octanol–water partition coefficient (Wildman–Crippen LogP) is 2.01. The molecule has 0 aliphatic heterocycles. The number of hydrogen-bond donors (Lipinski definition) is 2. The highest BCUT2D eigenvalue weighted by Gasteiger charge is 2.51. The first-order chi connectivity index (χ1) is 10.5. The number of aryl methyl sites for hydroxylation is 1. The third-order valence-corrected chi connectivity index (χ3v) is 5.49. The number of nitrogens with zero attached hydrogens (tertiary/aromatic N) is 1. The third-order valence-electron chi connectivity index (χ3n) is 5.49. The van der Waals surface area contributed by atoms with Gasteiger partial charge in [-0.25, -0.2) is 0 Å². The van der Waals surface area contributed by atoms with Crippen molar-refractivity contribution < 1.29 is 14.1 Å². The minimum absolute atomic E-state index is 0.150. The van der Waals surface area contributed by atoms with Gasteiger partial charge in [-0.2, -0.15) is 0 Å². The number of aromatic nitrogens is 1. The van der Waals surface area contributed by atoms with Crippen LogP contribution in [0.2, 0.25) is 0 Å². The summed E-state index contributed by atoms with van der Waals surface area (Å²) in [6, 6.07) is 1.59. The molecule has 2 N–H and O–H groups in total. The molecule has 1 aromatic rings. The summed E-state index contributed by atoms with van der Waals surface area (Å²) in [5.74, 6) is 1.85. The van der Waals surface area contributed by atoms with Crippen molar-refractivity contribution in [1.29, 1.82) is 0 Å². The molecule has 5 rings (SSSR count). The molecule has 1 heterocycles. The second-order valence-corrected chi connectivity index (χ2v) is 7.43. The second kappa shape index (κ2) is 4.83. The van der Waals surface area contributed by atoms with Crippen LogP contribution in [0.5, 0.6) is 0 Å². The van der Waals surface area contributed by atoms with E-state index in [1.54, 1.807) is 13.0 Å². The lowest BCUT2D eigenvalue weighted by Gasteiger charge is -2.56. The number of carbonyl (C=O) groups is 2. The van der Waals surface area contributed by atoms with Gasteiger partial charge in [-0.1, -0.05) is 5.16 Å². The van der Waals surface area contributed by atoms with Crippen LogP contribution in [-0.2, 0) is 9.59 Å². The SMILES string of the molecule is Cc1cc(NC(=O)C(=O)NC23CC4CC(CC(C4)C2)C3)no1. The first-order valence-corrected chi connectivity index (χ1v) is 8.08. The molecule has 4 bridgehead atoms. The van der Waals surface area contributed by atoms with Gasteiger partial charge in [0.2, 0.25) is 0 Å². The molecule has 0 atom stereocenters. The van der Waals surface area contributed by atoms with E-state index >= 15 is 0 Å². The minimum Gasteiger partial charge on any atom is -0.360 e. The molecular formula is C16H21N3O3. The maximum Gasteiger partial charge on any atom is 0.314 e. The topological polar surface area (TPSA) is 84.2 Å². The molecule has 0 saturated heterocycles. The Kier molecular flexibility index (Phi) is 3.03. The fourth-order valence-corrected chi connectivity index (χ4v) is 5.16. The van der Waals surface area contributed by atoms with Gasteiger partial charge in [0.05, 0.1) is 0 Å². The van der Waals surface area contributed by atoms with E-state index in [4.69, 9.17) is 4.52 Å². The van der Waals surface area contributed by atoms with Crippen molar-refractivity contribution in [3.05, 3.63) is 11.8 Å². The van der Waals surface area contributed by atoms with Gasteiger partial charge in [0.15, 0.2) is 5.82 Å². The average molecular weight is 303 g/mol. The molecule has 0 spiro atoms. The monoisotopic (exact) mass is 303 g/mol. The number of hydrogen-bond acceptors (Lipinski definition) is 4. The van der Waals surface area contributed by atoms with Gasteiger partial charge in [-0.15, -0.1) is 0 Å². The molecule has 1 aromatic heterocycles. The van der Waals surface area contributed by atoms with Crippen molar-refractivity contribution in [2.45, 2.75) is 51.0 Å². The van der Waals surface area contributed by atoms with Crippen molar-refractivity contribution in [3.8, 4) is 0 Å². The van der Waals surface area contributed by atoms with Crippen LogP contribution in [0.15, 0.2) is 10.6 Å². The maximum atomic E-state index is 12.3.